The van der Waals surface area contributed by atoms with Gasteiger partial charge in [0.15, 0.2) is 0 Å². The second-order valence-corrected chi connectivity index (χ2v) is 13.4. The Hall–Kier alpha value is -4.25. The average molecular weight is 504 g/mol. The van der Waals surface area contributed by atoms with Gasteiger partial charge >= 0.3 is 0 Å². The van der Waals surface area contributed by atoms with Gasteiger partial charge in [-0.3, -0.25) is 0 Å². The first-order valence-corrected chi connectivity index (χ1v) is 15.2. The minimum atomic E-state index is -2.02. The first-order chi connectivity index (χ1) is 18.8. The van der Waals surface area contributed by atoms with Gasteiger partial charge in [-0.1, -0.05) is 115 Å². The minimum absolute atomic E-state index is 0.963. The van der Waals surface area contributed by atoms with Gasteiger partial charge in [0.05, 0.1) is 6.16 Å². The Morgan fingerprint density at radius 3 is 1.37 bits per heavy atom. The molecule has 0 aliphatic heterocycles. The molecule has 0 amide bonds. The van der Waals surface area contributed by atoms with Crippen molar-refractivity contribution in [3.8, 4) is 0 Å². The van der Waals surface area contributed by atoms with Gasteiger partial charge in [-0.05, 0) is 80.3 Å². The lowest BCUT2D eigenvalue weighted by Crippen LogP contribution is -2.32. The highest BCUT2D eigenvalue weighted by molar-refractivity contribution is 7.95. The van der Waals surface area contributed by atoms with Gasteiger partial charge in [0.25, 0.3) is 0 Å². The molecule has 180 valence electrons. The third-order valence-corrected chi connectivity index (χ3v) is 12.2. The van der Waals surface area contributed by atoms with Crippen LogP contribution in [0.2, 0.25) is 0 Å². The Morgan fingerprint density at radius 1 is 0.368 bits per heavy atom. The van der Waals surface area contributed by atoms with Gasteiger partial charge in [-0.2, -0.15) is 0 Å². The molecule has 0 atom stereocenters. The average Bonchev–Trinajstić information content (AvgIpc) is 3.01. The highest BCUT2D eigenvalue weighted by Gasteiger charge is 2.45. The van der Waals surface area contributed by atoms with Crippen molar-refractivity contribution in [2.24, 2.45) is 0 Å². The molecule has 0 saturated heterocycles. The van der Waals surface area contributed by atoms with Gasteiger partial charge in [0.1, 0.15) is 23.2 Å². The van der Waals surface area contributed by atoms with Crippen molar-refractivity contribution in [2.45, 2.75) is 6.16 Å². The molecule has 0 N–H and O–H groups in total. The summed E-state index contributed by atoms with van der Waals surface area (Å²) in [6, 6.07) is 58.4. The number of hydrogen-bond acceptors (Lipinski definition) is 0. The molecule has 0 bridgehead atoms. The van der Waals surface area contributed by atoms with Gasteiger partial charge in [-0.25, -0.2) is 0 Å². The third-order valence-electron chi connectivity index (χ3n) is 7.83. The molecule has 0 fully saturated rings. The van der Waals surface area contributed by atoms with Crippen LogP contribution in [-0.2, 0) is 6.16 Å². The van der Waals surface area contributed by atoms with Gasteiger partial charge in [0, 0.05) is 0 Å². The van der Waals surface area contributed by atoms with E-state index < -0.39 is 7.26 Å². The summed E-state index contributed by atoms with van der Waals surface area (Å²) < 4.78 is 0. The lowest BCUT2D eigenvalue weighted by atomic mass is 9.93. The van der Waals surface area contributed by atoms with Gasteiger partial charge in [-0.15, -0.1) is 0 Å². The van der Waals surface area contributed by atoms with Crippen molar-refractivity contribution in [3.05, 3.63) is 163 Å². The summed E-state index contributed by atoms with van der Waals surface area (Å²) in [5, 5.41) is 12.2. The fourth-order valence-corrected chi connectivity index (χ4v) is 10.4. The van der Waals surface area contributed by atoms with Crippen LogP contribution in [-0.4, -0.2) is 0 Å². The predicted molar refractivity (Wildman–Crippen MR) is 168 cm³/mol. The summed E-state index contributed by atoms with van der Waals surface area (Å²) >= 11 is 0. The van der Waals surface area contributed by atoms with Crippen molar-refractivity contribution in [1.82, 2.24) is 0 Å². The second kappa shape index (κ2) is 9.56. The Bertz CT molecular complexity index is 1760. The van der Waals surface area contributed by atoms with Crippen LogP contribution in [0.3, 0.4) is 0 Å². The van der Waals surface area contributed by atoms with E-state index in [2.05, 4.69) is 158 Å². The summed E-state index contributed by atoms with van der Waals surface area (Å²) in [5.41, 5.74) is 1.41. The monoisotopic (exact) mass is 503 g/mol. The Morgan fingerprint density at radius 2 is 0.816 bits per heavy atom. The van der Waals surface area contributed by atoms with E-state index >= 15 is 0 Å². The van der Waals surface area contributed by atoms with Crippen LogP contribution < -0.4 is 15.9 Å². The molecule has 1 heteroatoms. The first-order valence-electron chi connectivity index (χ1n) is 13.2. The van der Waals surface area contributed by atoms with Crippen LogP contribution >= 0.6 is 7.26 Å². The van der Waals surface area contributed by atoms with Crippen LogP contribution in [0.4, 0.5) is 0 Å². The minimum Gasteiger partial charge on any atom is -0.0620 e. The number of hydrogen-bond donors (Lipinski definition) is 0. The number of benzene rings is 7. The first kappa shape index (κ1) is 22.9. The molecule has 7 aromatic carbocycles. The molecular weight excluding hydrogens is 475 g/mol. The predicted octanol–water partition coefficient (Wildman–Crippen LogP) is 8.64. The molecule has 0 radical (unpaired) electrons. The molecule has 0 nitrogen and oxygen atoms in total. The fourth-order valence-electron chi connectivity index (χ4n) is 6.10. The molecule has 0 unspecified atom stereocenters. The van der Waals surface area contributed by atoms with E-state index in [1.165, 1.54) is 53.8 Å². The Kier molecular flexibility index (Phi) is 5.77. The second-order valence-electron chi connectivity index (χ2n) is 9.94. The van der Waals surface area contributed by atoms with Gasteiger partial charge < -0.3 is 0 Å². The van der Waals surface area contributed by atoms with Crippen molar-refractivity contribution >= 4 is 55.5 Å². The van der Waals surface area contributed by atoms with Gasteiger partial charge in [0.2, 0.25) is 0 Å². The molecule has 38 heavy (non-hydrogen) atoms. The summed E-state index contributed by atoms with van der Waals surface area (Å²) in [7, 11) is -2.02. The molecule has 0 spiro atoms. The van der Waals surface area contributed by atoms with Crippen molar-refractivity contribution in [1.29, 1.82) is 0 Å². The fraction of sp³-hybridized carbons (Fsp3) is 0.0270. The number of fused-ring (bicyclic) bond motifs is 5. The standard InChI is InChI=1S/C37H28P/c1-4-16-31(17-5-1)38(32-18-6-2-7-19-32,33-20-8-3-9-21-33)27-30-26-29-15-11-13-23-35(29)37-34-22-12-10-14-28(34)24-25-36(30)37/h1-26H,27H2/q+1. The highest BCUT2D eigenvalue weighted by Crippen LogP contribution is 2.59. The van der Waals surface area contributed by atoms with Crippen LogP contribution in [0.5, 0.6) is 0 Å². The maximum absolute atomic E-state index is 2.45. The van der Waals surface area contributed by atoms with E-state index in [1.807, 2.05) is 0 Å². The largest absolute Gasteiger partial charge is 0.116 e. The summed E-state index contributed by atoms with van der Waals surface area (Å²) in [6.45, 7) is 0. The molecule has 0 aliphatic carbocycles. The molecule has 7 rings (SSSR count). The SMILES string of the molecule is c1ccc([P+](Cc2cc3ccccc3c3c2ccc2ccccc23)(c2ccccc2)c2ccccc2)cc1. The quantitative estimate of drug-likeness (QED) is 0.163. The van der Waals surface area contributed by atoms with E-state index in [0.717, 1.165) is 6.16 Å². The molecule has 0 aliphatic rings. The van der Waals surface area contributed by atoms with Crippen LogP contribution in [0, 0.1) is 0 Å². The maximum atomic E-state index is 2.45. The smallest absolute Gasteiger partial charge is 0.0620 e. The number of rotatable bonds is 5. The lowest BCUT2D eigenvalue weighted by Gasteiger charge is -2.28. The van der Waals surface area contributed by atoms with E-state index in [-0.39, 0.29) is 0 Å². The van der Waals surface area contributed by atoms with Crippen molar-refractivity contribution < 1.29 is 0 Å². The van der Waals surface area contributed by atoms with Crippen LogP contribution in [0.15, 0.2) is 158 Å². The zero-order valence-corrected chi connectivity index (χ0v) is 22.1. The van der Waals surface area contributed by atoms with Crippen LogP contribution in [0.25, 0.3) is 32.3 Å². The summed E-state index contributed by atoms with van der Waals surface area (Å²) in [4.78, 5) is 0. The molecule has 0 saturated carbocycles. The zero-order chi connectivity index (χ0) is 25.4. The molecule has 7 aromatic rings. The molecule has 0 aromatic heterocycles. The topological polar surface area (TPSA) is 0 Å². The third kappa shape index (κ3) is 3.73. The zero-order valence-electron chi connectivity index (χ0n) is 21.2. The van der Waals surface area contributed by atoms with Crippen molar-refractivity contribution in [2.75, 3.05) is 0 Å². The van der Waals surface area contributed by atoms with Crippen LogP contribution in [0.1, 0.15) is 5.56 Å². The van der Waals surface area contributed by atoms with E-state index in [1.54, 1.807) is 0 Å². The summed E-state index contributed by atoms with van der Waals surface area (Å²) in [5.74, 6) is 0. The normalized spacial score (nSPS) is 11.8. The lowest BCUT2D eigenvalue weighted by molar-refractivity contribution is 1.45. The molecular formula is C37H28P+. The Balaban J connectivity index is 1.59. The van der Waals surface area contributed by atoms with E-state index in [0.29, 0.717) is 0 Å². The van der Waals surface area contributed by atoms with E-state index in [9.17, 15) is 0 Å². The van der Waals surface area contributed by atoms with E-state index in [4.69, 9.17) is 0 Å². The summed E-state index contributed by atoms with van der Waals surface area (Å²) in [6.07, 6.45) is 0.963. The van der Waals surface area contributed by atoms with Crippen molar-refractivity contribution in [3.63, 3.8) is 0 Å². The highest BCUT2D eigenvalue weighted by atomic mass is 31.2. The maximum Gasteiger partial charge on any atom is 0.116 e. The Labute approximate surface area is 224 Å². The molecule has 0 heterocycles.